The minimum atomic E-state index is 0.0952. The third kappa shape index (κ3) is 3.02. The van der Waals surface area contributed by atoms with E-state index >= 15 is 0 Å². The smallest absolute Gasteiger partial charge is 0.212 e. The number of methoxy groups -OCH3 is 1. The van der Waals surface area contributed by atoms with Crippen LogP contribution in [0.1, 0.15) is 17.9 Å². The molecule has 7 heteroatoms. The maximum atomic E-state index is 5.49. The monoisotopic (exact) mass is 354 g/mol. The third-order valence-electron chi connectivity index (χ3n) is 3.95. The van der Waals surface area contributed by atoms with Gasteiger partial charge in [-0.25, -0.2) is 4.68 Å². The first kappa shape index (κ1) is 15.8. The van der Waals surface area contributed by atoms with Gasteiger partial charge in [0.15, 0.2) is 5.82 Å². The van der Waals surface area contributed by atoms with Crippen molar-refractivity contribution >= 4 is 11.8 Å². The largest absolute Gasteiger partial charge is 0.497 e. The summed E-state index contributed by atoms with van der Waals surface area (Å²) in [5, 5.41) is 9.55. The molecule has 0 radical (unpaired) electrons. The predicted octanol–water partition coefficient (Wildman–Crippen LogP) is 3.70. The number of benzene rings is 2. The summed E-state index contributed by atoms with van der Waals surface area (Å²) in [4.78, 5) is 0. The van der Waals surface area contributed by atoms with Gasteiger partial charge in [-0.3, -0.25) is 0 Å². The van der Waals surface area contributed by atoms with Crippen LogP contribution in [-0.2, 0) is 0 Å². The van der Waals surface area contributed by atoms with Crippen molar-refractivity contribution in [2.75, 3.05) is 19.1 Å². The van der Waals surface area contributed by atoms with Crippen molar-refractivity contribution in [1.29, 1.82) is 0 Å². The molecular weight excluding hydrogens is 336 g/mol. The second-order valence-corrected chi connectivity index (χ2v) is 6.57. The Labute approximate surface area is 150 Å². The Morgan fingerprint density at radius 2 is 1.76 bits per heavy atom. The van der Waals surface area contributed by atoms with Gasteiger partial charge in [0.1, 0.15) is 16.9 Å². The fraction of sp³-hybridized carbons (Fsp3) is 0.222. The summed E-state index contributed by atoms with van der Waals surface area (Å²) in [6.07, 6.45) is 0. The number of hydrogen-bond donors (Lipinski definition) is 1. The zero-order chi connectivity index (χ0) is 17.2. The molecule has 128 valence electrons. The van der Waals surface area contributed by atoms with Gasteiger partial charge in [-0.1, -0.05) is 23.9 Å². The van der Waals surface area contributed by atoms with E-state index in [0.717, 1.165) is 33.6 Å². The summed E-state index contributed by atoms with van der Waals surface area (Å²) < 4.78 is 12.6. The quantitative estimate of drug-likeness (QED) is 0.754. The van der Waals surface area contributed by atoms with Crippen LogP contribution in [0.4, 0.5) is 0 Å². The molecule has 1 aliphatic rings. The van der Waals surface area contributed by atoms with Crippen LogP contribution in [0.2, 0.25) is 0 Å². The zero-order valence-electron chi connectivity index (χ0n) is 14.0. The molecule has 0 bridgehead atoms. The molecule has 2 heterocycles. The highest BCUT2D eigenvalue weighted by atomic mass is 32.2. The maximum absolute atomic E-state index is 5.49. The summed E-state index contributed by atoms with van der Waals surface area (Å²) in [7, 11) is 1.67. The van der Waals surface area contributed by atoms with E-state index in [1.807, 2.05) is 48.0 Å². The molecule has 0 amide bonds. The van der Waals surface area contributed by atoms with Crippen LogP contribution in [-0.4, -0.2) is 28.6 Å². The molecule has 4 rings (SSSR count). The van der Waals surface area contributed by atoms with Crippen LogP contribution in [0.15, 0.2) is 53.7 Å². The number of ether oxygens (including phenoxy) is 2. The standard InChI is InChI=1S/C18H18N4O2S/c1-3-24-15-10-4-12(5-11-15)16-19-20-18-22(16)21-17(25-18)13-6-8-14(23-2)9-7-13/h4-11,17,21H,3H2,1-2H3/t17-/m0/s1. The molecule has 3 aromatic rings. The molecule has 0 saturated heterocycles. The Morgan fingerprint density at radius 1 is 1.04 bits per heavy atom. The second-order valence-electron chi connectivity index (χ2n) is 5.50. The molecule has 1 aliphatic heterocycles. The third-order valence-corrected chi connectivity index (χ3v) is 5.03. The summed E-state index contributed by atoms with van der Waals surface area (Å²) in [5.74, 6) is 2.49. The van der Waals surface area contributed by atoms with Crippen LogP contribution < -0.4 is 14.9 Å². The molecule has 0 spiro atoms. The average molecular weight is 354 g/mol. The van der Waals surface area contributed by atoms with Gasteiger partial charge in [0.2, 0.25) is 5.16 Å². The van der Waals surface area contributed by atoms with Crippen molar-refractivity contribution in [2.24, 2.45) is 0 Å². The summed E-state index contributed by atoms with van der Waals surface area (Å²) >= 11 is 1.64. The number of rotatable bonds is 5. The molecule has 1 aromatic heterocycles. The summed E-state index contributed by atoms with van der Waals surface area (Å²) in [5.41, 5.74) is 5.61. The lowest BCUT2D eigenvalue weighted by atomic mass is 10.2. The number of hydrogen-bond acceptors (Lipinski definition) is 6. The molecular formula is C18H18N4O2S. The van der Waals surface area contributed by atoms with E-state index in [9.17, 15) is 0 Å². The molecule has 0 unspecified atom stereocenters. The van der Waals surface area contributed by atoms with Crippen LogP contribution >= 0.6 is 11.8 Å². The lowest BCUT2D eigenvalue weighted by Crippen LogP contribution is -2.13. The van der Waals surface area contributed by atoms with E-state index in [1.54, 1.807) is 18.9 Å². The fourth-order valence-corrected chi connectivity index (χ4v) is 3.68. The first-order chi connectivity index (χ1) is 12.3. The van der Waals surface area contributed by atoms with E-state index in [2.05, 4.69) is 27.8 Å². The Bertz CT molecular complexity index is 862. The van der Waals surface area contributed by atoms with E-state index < -0.39 is 0 Å². The highest BCUT2D eigenvalue weighted by Gasteiger charge is 2.28. The van der Waals surface area contributed by atoms with E-state index in [0.29, 0.717) is 6.61 Å². The van der Waals surface area contributed by atoms with E-state index in [-0.39, 0.29) is 5.37 Å². The molecule has 0 aliphatic carbocycles. The van der Waals surface area contributed by atoms with Gasteiger partial charge in [0.05, 0.1) is 13.7 Å². The number of fused-ring (bicyclic) bond motifs is 1. The van der Waals surface area contributed by atoms with Gasteiger partial charge in [0.25, 0.3) is 0 Å². The van der Waals surface area contributed by atoms with Crippen molar-refractivity contribution in [3.63, 3.8) is 0 Å². The molecule has 0 fully saturated rings. The Hall–Kier alpha value is -2.67. The fourth-order valence-electron chi connectivity index (χ4n) is 2.69. The lowest BCUT2D eigenvalue weighted by Gasteiger charge is -2.13. The van der Waals surface area contributed by atoms with Gasteiger partial charge >= 0.3 is 0 Å². The number of nitrogens with zero attached hydrogens (tertiary/aromatic N) is 3. The summed E-state index contributed by atoms with van der Waals surface area (Å²) in [6, 6.07) is 15.9. The van der Waals surface area contributed by atoms with Crippen molar-refractivity contribution in [2.45, 2.75) is 17.5 Å². The molecule has 6 nitrogen and oxygen atoms in total. The van der Waals surface area contributed by atoms with Crippen molar-refractivity contribution in [3.8, 4) is 22.9 Å². The molecule has 1 atom stereocenters. The highest BCUT2D eigenvalue weighted by Crippen LogP contribution is 2.40. The number of thioether (sulfide) groups is 1. The first-order valence-electron chi connectivity index (χ1n) is 8.04. The van der Waals surface area contributed by atoms with Crippen molar-refractivity contribution in [3.05, 3.63) is 54.1 Å². The lowest BCUT2D eigenvalue weighted by molar-refractivity contribution is 0.340. The average Bonchev–Trinajstić information content (AvgIpc) is 3.24. The first-order valence-corrected chi connectivity index (χ1v) is 8.92. The molecule has 1 N–H and O–H groups in total. The van der Waals surface area contributed by atoms with Crippen molar-refractivity contribution < 1.29 is 9.47 Å². The zero-order valence-corrected chi connectivity index (χ0v) is 14.8. The minimum Gasteiger partial charge on any atom is -0.497 e. The Balaban J connectivity index is 1.56. The predicted molar refractivity (Wildman–Crippen MR) is 97.6 cm³/mol. The van der Waals surface area contributed by atoms with Gasteiger partial charge in [-0.15, -0.1) is 10.2 Å². The minimum absolute atomic E-state index is 0.0952. The molecule has 25 heavy (non-hydrogen) atoms. The van der Waals surface area contributed by atoms with Crippen molar-refractivity contribution in [1.82, 2.24) is 14.9 Å². The van der Waals surface area contributed by atoms with Gasteiger partial charge in [-0.05, 0) is 48.9 Å². The second kappa shape index (κ2) is 6.68. The molecule has 0 saturated carbocycles. The SMILES string of the molecule is CCOc1ccc(-c2nnc3n2N[C@H](c2ccc(OC)cc2)S3)cc1. The normalized spacial score (nSPS) is 15.5. The van der Waals surface area contributed by atoms with Crippen LogP contribution in [0.5, 0.6) is 11.5 Å². The van der Waals surface area contributed by atoms with Gasteiger partial charge in [-0.2, -0.15) is 0 Å². The Morgan fingerprint density at radius 3 is 2.44 bits per heavy atom. The van der Waals surface area contributed by atoms with Crippen LogP contribution in [0.3, 0.4) is 0 Å². The van der Waals surface area contributed by atoms with Gasteiger partial charge in [0, 0.05) is 5.56 Å². The number of aromatic nitrogens is 3. The summed E-state index contributed by atoms with van der Waals surface area (Å²) in [6.45, 7) is 2.63. The van der Waals surface area contributed by atoms with Crippen LogP contribution in [0.25, 0.3) is 11.4 Å². The van der Waals surface area contributed by atoms with E-state index in [1.165, 1.54) is 0 Å². The van der Waals surface area contributed by atoms with E-state index in [4.69, 9.17) is 9.47 Å². The maximum Gasteiger partial charge on any atom is 0.212 e. The molecule has 2 aromatic carbocycles. The van der Waals surface area contributed by atoms with Crippen LogP contribution in [0, 0.1) is 0 Å². The van der Waals surface area contributed by atoms with Gasteiger partial charge < -0.3 is 14.9 Å². The highest BCUT2D eigenvalue weighted by molar-refractivity contribution is 7.99. The topological polar surface area (TPSA) is 61.2 Å². The Kier molecular flexibility index (Phi) is 4.23. The number of nitrogens with one attached hydrogen (secondary N) is 1.